The summed E-state index contributed by atoms with van der Waals surface area (Å²) >= 11 is 0. The summed E-state index contributed by atoms with van der Waals surface area (Å²) < 4.78 is 0. The monoisotopic (exact) mass is 265 g/mol. The lowest BCUT2D eigenvalue weighted by Crippen LogP contribution is -2.40. The Hall–Kier alpha value is -2.04. The van der Waals surface area contributed by atoms with E-state index in [9.17, 15) is 9.59 Å². The molecule has 1 aromatic rings. The van der Waals surface area contributed by atoms with Crippen LogP contribution in [0.1, 0.15) is 25.8 Å². The van der Waals surface area contributed by atoms with Crippen LogP contribution in [-0.2, 0) is 16.0 Å². The molecule has 0 saturated heterocycles. The summed E-state index contributed by atoms with van der Waals surface area (Å²) in [5.41, 5.74) is 1.81. The fraction of sp³-hybridized carbons (Fsp3) is 0.429. The summed E-state index contributed by atoms with van der Waals surface area (Å²) in [6, 6.07) is 6.73. The predicted molar refractivity (Wildman–Crippen MR) is 72.5 cm³/mol. The zero-order valence-corrected chi connectivity index (χ0v) is 11.2. The molecule has 1 atom stereocenters. The Balaban J connectivity index is 3.07. The summed E-state index contributed by atoms with van der Waals surface area (Å²) in [6.45, 7) is 3.73. The number of carboxylic acids is 2. The Labute approximate surface area is 112 Å². The molecule has 2 N–H and O–H groups in total. The molecular weight excluding hydrogens is 246 g/mol. The summed E-state index contributed by atoms with van der Waals surface area (Å²) in [4.78, 5) is 23.5. The van der Waals surface area contributed by atoms with Crippen LogP contribution in [0.25, 0.3) is 0 Å². The first-order valence-electron chi connectivity index (χ1n) is 6.26. The smallest absolute Gasteiger partial charge is 0.326 e. The van der Waals surface area contributed by atoms with E-state index in [1.807, 2.05) is 31.2 Å². The minimum atomic E-state index is -0.962. The maximum absolute atomic E-state index is 11.2. The van der Waals surface area contributed by atoms with Crippen LogP contribution in [-0.4, -0.2) is 34.7 Å². The van der Waals surface area contributed by atoms with E-state index in [1.54, 1.807) is 11.8 Å². The lowest BCUT2D eigenvalue weighted by atomic mass is 10.1. The second-order valence-electron chi connectivity index (χ2n) is 4.33. The lowest BCUT2D eigenvalue weighted by molar-refractivity contribution is -0.139. The highest BCUT2D eigenvalue weighted by molar-refractivity contribution is 5.79. The number of carboxylic acid groups (broad SMARTS) is 2. The maximum Gasteiger partial charge on any atom is 0.326 e. The van der Waals surface area contributed by atoms with Gasteiger partial charge < -0.3 is 15.1 Å². The first-order valence-corrected chi connectivity index (χ1v) is 6.26. The number of anilines is 1. The molecule has 0 saturated carbocycles. The minimum Gasteiger partial charge on any atom is -0.481 e. The van der Waals surface area contributed by atoms with Gasteiger partial charge in [-0.05, 0) is 25.0 Å². The third-order valence-electron chi connectivity index (χ3n) is 3.07. The Kier molecular flexibility index (Phi) is 5.36. The summed E-state index contributed by atoms with van der Waals surface area (Å²) in [7, 11) is 0. The standard InChI is InChI=1S/C14H19NO4/c1-3-11-6-4-5-7-12(11)15(9-8-13(16)17)10(2)14(18)19/h4-7,10H,3,8-9H2,1-2H3,(H,16,17)(H,18,19). The molecule has 0 aliphatic heterocycles. The minimum absolute atomic E-state index is 0.0876. The van der Waals surface area contributed by atoms with Crippen LogP contribution in [0.2, 0.25) is 0 Å². The molecule has 104 valence electrons. The molecule has 5 nitrogen and oxygen atoms in total. The van der Waals surface area contributed by atoms with Gasteiger partial charge in [0, 0.05) is 12.2 Å². The van der Waals surface area contributed by atoms with Crippen LogP contribution in [0, 0.1) is 0 Å². The molecule has 0 spiro atoms. The van der Waals surface area contributed by atoms with E-state index < -0.39 is 18.0 Å². The normalized spacial score (nSPS) is 11.9. The van der Waals surface area contributed by atoms with Crippen molar-refractivity contribution in [1.82, 2.24) is 0 Å². The predicted octanol–water partition coefficient (Wildman–Crippen LogP) is 2.00. The van der Waals surface area contributed by atoms with Crippen molar-refractivity contribution in [3.63, 3.8) is 0 Å². The van der Waals surface area contributed by atoms with Crippen LogP contribution < -0.4 is 4.90 Å². The summed E-state index contributed by atoms with van der Waals surface area (Å²) in [5, 5.41) is 17.9. The van der Waals surface area contributed by atoms with Crippen LogP contribution in [0.4, 0.5) is 5.69 Å². The highest BCUT2D eigenvalue weighted by Crippen LogP contribution is 2.23. The van der Waals surface area contributed by atoms with Gasteiger partial charge in [-0.3, -0.25) is 4.79 Å². The third-order valence-corrected chi connectivity index (χ3v) is 3.07. The van der Waals surface area contributed by atoms with Gasteiger partial charge in [0.2, 0.25) is 0 Å². The molecule has 1 rings (SSSR count). The van der Waals surface area contributed by atoms with E-state index in [0.29, 0.717) is 0 Å². The Morgan fingerprint density at radius 1 is 1.26 bits per heavy atom. The fourth-order valence-electron chi connectivity index (χ4n) is 1.96. The topological polar surface area (TPSA) is 77.8 Å². The van der Waals surface area contributed by atoms with E-state index in [4.69, 9.17) is 10.2 Å². The first-order chi connectivity index (χ1) is 8.97. The Morgan fingerprint density at radius 3 is 2.42 bits per heavy atom. The molecule has 0 aromatic heterocycles. The number of carbonyl (C=O) groups is 2. The SMILES string of the molecule is CCc1ccccc1N(CCC(=O)O)C(C)C(=O)O. The van der Waals surface area contributed by atoms with E-state index in [1.165, 1.54) is 0 Å². The largest absolute Gasteiger partial charge is 0.481 e. The Bertz CT molecular complexity index is 459. The van der Waals surface area contributed by atoms with Gasteiger partial charge >= 0.3 is 11.9 Å². The molecule has 5 heteroatoms. The number of rotatable bonds is 7. The number of benzene rings is 1. The van der Waals surface area contributed by atoms with Crippen molar-refractivity contribution in [2.45, 2.75) is 32.7 Å². The molecule has 0 fully saturated rings. The highest BCUT2D eigenvalue weighted by atomic mass is 16.4. The molecule has 0 aliphatic rings. The van der Waals surface area contributed by atoms with E-state index in [0.717, 1.165) is 17.7 Å². The van der Waals surface area contributed by atoms with E-state index in [2.05, 4.69) is 0 Å². The average molecular weight is 265 g/mol. The van der Waals surface area contributed by atoms with Gasteiger partial charge in [0.15, 0.2) is 0 Å². The number of para-hydroxylation sites is 1. The first kappa shape index (κ1) is 15.0. The van der Waals surface area contributed by atoms with Gasteiger partial charge in [-0.25, -0.2) is 4.79 Å². The molecule has 19 heavy (non-hydrogen) atoms. The molecular formula is C14H19NO4. The average Bonchev–Trinajstić information content (AvgIpc) is 2.38. The van der Waals surface area contributed by atoms with Crippen molar-refractivity contribution in [2.75, 3.05) is 11.4 Å². The molecule has 1 unspecified atom stereocenters. The number of hydrogen-bond donors (Lipinski definition) is 2. The molecule has 0 amide bonds. The van der Waals surface area contributed by atoms with Crippen LogP contribution in [0.3, 0.4) is 0 Å². The van der Waals surface area contributed by atoms with Gasteiger partial charge in [-0.15, -0.1) is 0 Å². The highest BCUT2D eigenvalue weighted by Gasteiger charge is 2.23. The quantitative estimate of drug-likeness (QED) is 0.788. The van der Waals surface area contributed by atoms with Crippen molar-refractivity contribution in [3.05, 3.63) is 29.8 Å². The van der Waals surface area contributed by atoms with Gasteiger partial charge in [-0.2, -0.15) is 0 Å². The van der Waals surface area contributed by atoms with Gasteiger partial charge in [0.25, 0.3) is 0 Å². The van der Waals surface area contributed by atoms with E-state index >= 15 is 0 Å². The van der Waals surface area contributed by atoms with Crippen molar-refractivity contribution >= 4 is 17.6 Å². The molecule has 0 radical (unpaired) electrons. The van der Waals surface area contributed by atoms with Crippen molar-refractivity contribution in [2.24, 2.45) is 0 Å². The van der Waals surface area contributed by atoms with Crippen LogP contribution in [0.15, 0.2) is 24.3 Å². The second-order valence-corrected chi connectivity index (χ2v) is 4.33. The number of hydrogen-bond acceptors (Lipinski definition) is 3. The van der Waals surface area contributed by atoms with Crippen molar-refractivity contribution in [1.29, 1.82) is 0 Å². The number of aliphatic carboxylic acids is 2. The Morgan fingerprint density at radius 2 is 1.89 bits per heavy atom. The van der Waals surface area contributed by atoms with Gasteiger partial charge in [0.05, 0.1) is 6.42 Å². The number of nitrogens with zero attached hydrogens (tertiary/aromatic N) is 1. The molecule has 1 aromatic carbocycles. The summed E-state index contributed by atoms with van der Waals surface area (Å²) in [5.74, 6) is -1.90. The zero-order chi connectivity index (χ0) is 14.4. The second kappa shape index (κ2) is 6.78. The zero-order valence-electron chi connectivity index (χ0n) is 11.2. The fourth-order valence-corrected chi connectivity index (χ4v) is 1.96. The van der Waals surface area contributed by atoms with Gasteiger partial charge in [0.1, 0.15) is 6.04 Å². The molecule has 0 aliphatic carbocycles. The maximum atomic E-state index is 11.2. The van der Waals surface area contributed by atoms with Gasteiger partial charge in [-0.1, -0.05) is 25.1 Å². The van der Waals surface area contributed by atoms with E-state index in [-0.39, 0.29) is 13.0 Å². The molecule has 0 heterocycles. The van der Waals surface area contributed by atoms with Crippen molar-refractivity contribution in [3.8, 4) is 0 Å². The summed E-state index contributed by atoms with van der Waals surface area (Å²) in [6.07, 6.45) is 0.682. The van der Waals surface area contributed by atoms with Crippen molar-refractivity contribution < 1.29 is 19.8 Å². The number of aryl methyl sites for hydroxylation is 1. The van der Waals surface area contributed by atoms with Crippen LogP contribution >= 0.6 is 0 Å². The third kappa shape index (κ3) is 3.98. The molecule has 0 bridgehead atoms. The lowest BCUT2D eigenvalue weighted by Gasteiger charge is -2.30. The van der Waals surface area contributed by atoms with Crippen LogP contribution in [0.5, 0.6) is 0 Å².